The van der Waals surface area contributed by atoms with Crippen molar-refractivity contribution in [3.05, 3.63) is 42.5 Å². The van der Waals surface area contributed by atoms with Crippen molar-refractivity contribution in [1.29, 1.82) is 0 Å². The number of hydrogen-bond donors (Lipinski definition) is 1. The molecule has 0 atom stereocenters. The van der Waals surface area contributed by atoms with Gasteiger partial charge in [0.25, 0.3) is 0 Å². The molecule has 0 aromatic heterocycles. The minimum absolute atomic E-state index is 0.0156. The fraction of sp³-hybridized carbons (Fsp3) is 0.444. The van der Waals surface area contributed by atoms with E-state index < -0.39 is 0 Å². The smallest absolute Gasteiger partial charge is 0.123 e. The second kappa shape index (κ2) is 6.27. The Morgan fingerprint density at radius 1 is 0.750 bits per heavy atom. The number of fused-ring (bicyclic) bond motifs is 1. The first-order valence-electron chi connectivity index (χ1n) is 6.95. The lowest BCUT2D eigenvalue weighted by Crippen LogP contribution is -2.31. The summed E-state index contributed by atoms with van der Waals surface area (Å²) < 4.78 is 5.62. The molecule has 0 unspecified atom stereocenters. The van der Waals surface area contributed by atoms with Crippen molar-refractivity contribution in [2.75, 3.05) is 0 Å². The van der Waals surface area contributed by atoms with Crippen LogP contribution in [0.5, 0.6) is 5.75 Å². The van der Waals surface area contributed by atoms with Crippen LogP contribution in [0.2, 0.25) is 0 Å². The topological polar surface area (TPSA) is 29.5 Å². The molecule has 2 heteroatoms. The minimum atomic E-state index is -0.0156. The zero-order valence-electron chi connectivity index (χ0n) is 13.4. The summed E-state index contributed by atoms with van der Waals surface area (Å²) in [5.41, 5.74) is -0.0312. The van der Waals surface area contributed by atoms with Crippen LogP contribution in [-0.2, 0) is 4.74 Å². The molecule has 2 aromatic carbocycles. The first-order chi connectivity index (χ1) is 9.08. The van der Waals surface area contributed by atoms with E-state index in [-0.39, 0.29) is 11.2 Å². The number of benzene rings is 2. The van der Waals surface area contributed by atoms with Gasteiger partial charge in [0.1, 0.15) is 5.75 Å². The summed E-state index contributed by atoms with van der Waals surface area (Å²) in [4.78, 5) is 0. The highest BCUT2D eigenvalue weighted by Crippen LogP contribution is 2.23. The molecular weight excluding hydrogens is 248 g/mol. The summed E-state index contributed by atoms with van der Waals surface area (Å²) in [6, 6.07) is 13.3. The standard InChI is InChI=1S/C10H8O.C8H18O/c11-10-7-3-5-8-4-1-2-6-9(8)10;1-7(2,3)9-8(4,5)6/h1-7,11H;1-6H3. The van der Waals surface area contributed by atoms with Crippen molar-refractivity contribution in [1.82, 2.24) is 0 Å². The van der Waals surface area contributed by atoms with E-state index in [1.165, 1.54) is 0 Å². The normalized spacial score (nSPS) is 11.9. The number of hydrogen-bond acceptors (Lipinski definition) is 2. The van der Waals surface area contributed by atoms with Crippen LogP contribution in [-0.4, -0.2) is 16.3 Å². The lowest BCUT2D eigenvalue weighted by atomic mass is 10.1. The molecule has 1 N–H and O–H groups in total. The lowest BCUT2D eigenvalue weighted by molar-refractivity contribution is -0.102. The van der Waals surface area contributed by atoms with E-state index in [1.807, 2.05) is 36.4 Å². The van der Waals surface area contributed by atoms with Gasteiger partial charge in [-0.2, -0.15) is 0 Å². The predicted molar refractivity (Wildman–Crippen MR) is 86.2 cm³/mol. The molecule has 0 heterocycles. The Balaban J connectivity index is 0.000000206. The van der Waals surface area contributed by atoms with E-state index in [2.05, 4.69) is 41.5 Å². The van der Waals surface area contributed by atoms with Crippen LogP contribution in [0, 0.1) is 0 Å². The molecular formula is C18H26O2. The summed E-state index contributed by atoms with van der Waals surface area (Å²) in [5, 5.41) is 11.4. The zero-order valence-corrected chi connectivity index (χ0v) is 13.4. The second-order valence-electron chi connectivity index (χ2n) is 6.83. The summed E-state index contributed by atoms with van der Waals surface area (Å²) in [6.07, 6.45) is 0. The molecule has 0 saturated heterocycles. The average molecular weight is 274 g/mol. The van der Waals surface area contributed by atoms with E-state index >= 15 is 0 Å². The van der Waals surface area contributed by atoms with E-state index in [9.17, 15) is 5.11 Å². The molecule has 0 aliphatic heterocycles. The third-order valence-corrected chi connectivity index (χ3v) is 2.38. The Hall–Kier alpha value is -1.54. The number of phenolic OH excluding ortho intramolecular Hbond substituents is 1. The van der Waals surface area contributed by atoms with Gasteiger partial charge in [-0.05, 0) is 53.0 Å². The van der Waals surface area contributed by atoms with Crippen molar-refractivity contribution in [2.45, 2.75) is 52.7 Å². The summed E-state index contributed by atoms with van der Waals surface area (Å²) >= 11 is 0. The molecule has 2 nitrogen and oxygen atoms in total. The zero-order chi connectivity index (χ0) is 15.4. The highest BCUT2D eigenvalue weighted by molar-refractivity contribution is 5.87. The quantitative estimate of drug-likeness (QED) is 0.720. The maximum absolute atomic E-state index is 9.37. The van der Waals surface area contributed by atoms with E-state index in [1.54, 1.807) is 6.07 Å². The van der Waals surface area contributed by atoms with Gasteiger partial charge in [0.05, 0.1) is 11.2 Å². The van der Waals surface area contributed by atoms with Crippen molar-refractivity contribution >= 4 is 10.8 Å². The second-order valence-corrected chi connectivity index (χ2v) is 6.83. The van der Waals surface area contributed by atoms with Gasteiger partial charge in [-0.1, -0.05) is 36.4 Å². The molecule has 0 radical (unpaired) electrons. The first-order valence-corrected chi connectivity index (χ1v) is 6.95. The van der Waals surface area contributed by atoms with Crippen molar-refractivity contribution < 1.29 is 9.84 Å². The summed E-state index contributed by atoms with van der Waals surface area (Å²) in [6.45, 7) is 12.4. The summed E-state index contributed by atoms with van der Waals surface area (Å²) in [5.74, 6) is 0.350. The molecule has 0 amide bonds. The third kappa shape index (κ3) is 6.07. The van der Waals surface area contributed by atoms with Crippen LogP contribution in [0.4, 0.5) is 0 Å². The number of aromatic hydroxyl groups is 1. The van der Waals surface area contributed by atoms with Gasteiger partial charge < -0.3 is 9.84 Å². The fourth-order valence-electron chi connectivity index (χ4n) is 2.13. The largest absolute Gasteiger partial charge is 0.507 e. The maximum Gasteiger partial charge on any atom is 0.123 e. The minimum Gasteiger partial charge on any atom is -0.507 e. The molecule has 0 aliphatic carbocycles. The first kappa shape index (κ1) is 16.5. The number of ether oxygens (including phenoxy) is 1. The van der Waals surface area contributed by atoms with Crippen LogP contribution in [0.25, 0.3) is 10.8 Å². The predicted octanol–water partition coefficient (Wildman–Crippen LogP) is 5.15. The Bertz CT molecular complexity index is 528. The molecule has 0 aliphatic rings. The third-order valence-electron chi connectivity index (χ3n) is 2.38. The van der Waals surface area contributed by atoms with Crippen LogP contribution < -0.4 is 0 Å². The summed E-state index contributed by atoms with van der Waals surface area (Å²) in [7, 11) is 0. The Morgan fingerprint density at radius 3 is 1.70 bits per heavy atom. The van der Waals surface area contributed by atoms with Gasteiger partial charge in [0.2, 0.25) is 0 Å². The van der Waals surface area contributed by atoms with E-state index in [0.717, 1.165) is 10.8 Å². The maximum atomic E-state index is 9.37. The monoisotopic (exact) mass is 274 g/mol. The van der Waals surface area contributed by atoms with Gasteiger partial charge in [-0.15, -0.1) is 0 Å². The van der Waals surface area contributed by atoms with Crippen LogP contribution in [0.1, 0.15) is 41.5 Å². The van der Waals surface area contributed by atoms with Gasteiger partial charge in [-0.3, -0.25) is 0 Å². The Labute approximate surface area is 122 Å². The molecule has 0 bridgehead atoms. The van der Waals surface area contributed by atoms with E-state index in [4.69, 9.17) is 4.74 Å². The van der Waals surface area contributed by atoms with Crippen LogP contribution >= 0.6 is 0 Å². The van der Waals surface area contributed by atoms with Crippen molar-refractivity contribution in [2.24, 2.45) is 0 Å². The van der Waals surface area contributed by atoms with Crippen molar-refractivity contribution in [3.8, 4) is 5.75 Å². The highest BCUT2D eigenvalue weighted by Gasteiger charge is 2.19. The van der Waals surface area contributed by atoms with Crippen molar-refractivity contribution in [3.63, 3.8) is 0 Å². The SMILES string of the molecule is CC(C)(C)OC(C)(C)C.Oc1cccc2ccccc12. The molecule has 20 heavy (non-hydrogen) atoms. The van der Waals surface area contributed by atoms with Crippen LogP contribution in [0.15, 0.2) is 42.5 Å². The van der Waals surface area contributed by atoms with Gasteiger partial charge in [0.15, 0.2) is 0 Å². The average Bonchev–Trinajstić information content (AvgIpc) is 2.25. The Morgan fingerprint density at radius 2 is 1.25 bits per heavy atom. The number of rotatable bonds is 0. The Kier molecular flexibility index (Phi) is 5.18. The van der Waals surface area contributed by atoms with Gasteiger partial charge in [0, 0.05) is 5.39 Å². The lowest BCUT2D eigenvalue weighted by Gasteiger charge is -2.30. The molecule has 0 saturated carbocycles. The van der Waals surface area contributed by atoms with Crippen LogP contribution in [0.3, 0.4) is 0 Å². The molecule has 0 fully saturated rings. The molecule has 2 aromatic rings. The van der Waals surface area contributed by atoms with Gasteiger partial charge >= 0.3 is 0 Å². The molecule has 0 spiro atoms. The number of phenols is 1. The fourth-order valence-corrected chi connectivity index (χ4v) is 2.13. The van der Waals surface area contributed by atoms with E-state index in [0.29, 0.717) is 5.75 Å². The highest BCUT2D eigenvalue weighted by atomic mass is 16.5. The molecule has 110 valence electrons. The molecule has 2 rings (SSSR count). The van der Waals surface area contributed by atoms with Gasteiger partial charge in [-0.25, -0.2) is 0 Å².